The Hall–Kier alpha value is -1.51. The highest BCUT2D eigenvalue weighted by molar-refractivity contribution is 5.80. The van der Waals surface area contributed by atoms with Gasteiger partial charge in [-0.3, -0.25) is 4.99 Å². The lowest BCUT2D eigenvalue weighted by atomic mass is 9.94. The molecule has 104 valence electrons. The van der Waals surface area contributed by atoms with Crippen molar-refractivity contribution >= 4 is 5.96 Å². The van der Waals surface area contributed by atoms with Gasteiger partial charge in [-0.15, -0.1) is 0 Å². The highest BCUT2D eigenvalue weighted by Gasteiger charge is 2.27. The van der Waals surface area contributed by atoms with Crippen LogP contribution < -0.4 is 0 Å². The Labute approximate surface area is 116 Å². The molecule has 0 N–H and O–H groups in total. The third-order valence-corrected chi connectivity index (χ3v) is 3.80. The molecule has 19 heavy (non-hydrogen) atoms. The summed E-state index contributed by atoms with van der Waals surface area (Å²) >= 11 is 0. The zero-order chi connectivity index (χ0) is 13.8. The predicted octanol–water partition coefficient (Wildman–Crippen LogP) is 2.72. The summed E-state index contributed by atoms with van der Waals surface area (Å²) in [5.41, 5.74) is 2.91. The van der Waals surface area contributed by atoms with Crippen molar-refractivity contribution in [2.24, 2.45) is 4.99 Å². The van der Waals surface area contributed by atoms with Gasteiger partial charge in [-0.2, -0.15) is 0 Å². The number of rotatable bonds is 2. The topological polar surface area (TPSA) is 18.8 Å². The molecule has 1 aliphatic heterocycles. The molecular formula is C16H25N3. The molecule has 1 aromatic rings. The number of aliphatic imine (C=N–C) groups is 1. The zero-order valence-electron chi connectivity index (χ0n) is 12.6. The lowest BCUT2D eigenvalue weighted by molar-refractivity contribution is 0.423. The van der Waals surface area contributed by atoms with Gasteiger partial charge in [0.2, 0.25) is 0 Å². The standard InChI is InChI=1S/C16H25N3/c1-5-17-16(18(3)4)19-11-10-14(12-19)15-9-7-6-8-13(15)2/h6-9,14H,5,10-12H2,1-4H3. The third-order valence-electron chi connectivity index (χ3n) is 3.80. The average Bonchev–Trinajstić information content (AvgIpc) is 2.85. The molecule has 0 bridgehead atoms. The molecule has 3 heteroatoms. The SMILES string of the molecule is CCN=C(N(C)C)N1CCC(c2ccccc2C)C1. The minimum Gasteiger partial charge on any atom is -0.349 e. The first kappa shape index (κ1) is 13.9. The van der Waals surface area contributed by atoms with Crippen molar-refractivity contribution in [2.45, 2.75) is 26.2 Å². The Morgan fingerprint density at radius 1 is 1.37 bits per heavy atom. The first-order chi connectivity index (χ1) is 9.13. The van der Waals surface area contributed by atoms with Crippen LogP contribution in [-0.4, -0.2) is 49.5 Å². The van der Waals surface area contributed by atoms with Crippen molar-refractivity contribution in [3.63, 3.8) is 0 Å². The second kappa shape index (κ2) is 6.09. The number of likely N-dealkylation sites (tertiary alicyclic amines) is 1. The maximum atomic E-state index is 4.62. The predicted molar refractivity (Wildman–Crippen MR) is 81.8 cm³/mol. The van der Waals surface area contributed by atoms with Crippen LogP contribution in [0.3, 0.4) is 0 Å². The van der Waals surface area contributed by atoms with Crippen LogP contribution in [0.25, 0.3) is 0 Å². The van der Waals surface area contributed by atoms with Gasteiger partial charge in [0.15, 0.2) is 5.96 Å². The van der Waals surface area contributed by atoms with Crippen LogP contribution in [-0.2, 0) is 0 Å². The number of hydrogen-bond donors (Lipinski definition) is 0. The normalized spacial score (nSPS) is 19.9. The van der Waals surface area contributed by atoms with Gasteiger partial charge >= 0.3 is 0 Å². The van der Waals surface area contributed by atoms with Crippen LogP contribution in [0.2, 0.25) is 0 Å². The fourth-order valence-corrected chi connectivity index (χ4v) is 2.91. The summed E-state index contributed by atoms with van der Waals surface area (Å²) in [5.74, 6) is 1.77. The first-order valence-electron chi connectivity index (χ1n) is 7.15. The number of guanidine groups is 1. The highest BCUT2D eigenvalue weighted by atomic mass is 15.4. The van der Waals surface area contributed by atoms with E-state index in [1.807, 2.05) is 0 Å². The minimum atomic E-state index is 0.642. The molecule has 0 amide bonds. The van der Waals surface area contributed by atoms with E-state index in [0.29, 0.717) is 5.92 Å². The molecule has 1 aromatic carbocycles. The molecule has 2 rings (SSSR count). The largest absolute Gasteiger partial charge is 0.349 e. The lowest BCUT2D eigenvalue weighted by Crippen LogP contribution is -2.39. The Morgan fingerprint density at radius 3 is 2.74 bits per heavy atom. The van der Waals surface area contributed by atoms with Crippen LogP contribution in [0.1, 0.15) is 30.4 Å². The van der Waals surface area contributed by atoms with Crippen LogP contribution in [0.5, 0.6) is 0 Å². The number of nitrogens with zero attached hydrogens (tertiary/aromatic N) is 3. The van der Waals surface area contributed by atoms with Gasteiger partial charge in [0.1, 0.15) is 0 Å². The Kier molecular flexibility index (Phi) is 4.46. The van der Waals surface area contributed by atoms with Crippen molar-refractivity contribution in [1.29, 1.82) is 0 Å². The molecule has 0 radical (unpaired) electrons. The van der Waals surface area contributed by atoms with Gasteiger partial charge in [-0.05, 0) is 31.4 Å². The van der Waals surface area contributed by atoms with Crippen LogP contribution >= 0.6 is 0 Å². The number of hydrogen-bond acceptors (Lipinski definition) is 1. The van der Waals surface area contributed by atoms with Crippen molar-refractivity contribution < 1.29 is 0 Å². The van der Waals surface area contributed by atoms with E-state index in [1.165, 1.54) is 17.5 Å². The van der Waals surface area contributed by atoms with E-state index in [9.17, 15) is 0 Å². The fourth-order valence-electron chi connectivity index (χ4n) is 2.91. The monoisotopic (exact) mass is 259 g/mol. The Balaban J connectivity index is 2.12. The molecular weight excluding hydrogens is 234 g/mol. The zero-order valence-corrected chi connectivity index (χ0v) is 12.6. The van der Waals surface area contributed by atoms with Gasteiger partial charge in [0, 0.05) is 39.6 Å². The van der Waals surface area contributed by atoms with E-state index in [-0.39, 0.29) is 0 Å². The molecule has 1 aliphatic rings. The van der Waals surface area contributed by atoms with Crippen molar-refractivity contribution in [3.05, 3.63) is 35.4 Å². The lowest BCUT2D eigenvalue weighted by Gasteiger charge is -2.26. The van der Waals surface area contributed by atoms with Gasteiger partial charge in [0.05, 0.1) is 0 Å². The maximum Gasteiger partial charge on any atom is 0.196 e. The summed E-state index contributed by atoms with van der Waals surface area (Å²) in [4.78, 5) is 9.17. The minimum absolute atomic E-state index is 0.642. The summed E-state index contributed by atoms with van der Waals surface area (Å²) in [6.07, 6.45) is 1.22. The molecule has 0 aromatic heterocycles. The van der Waals surface area contributed by atoms with Crippen molar-refractivity contribution in [1.82, 2.24) is 9.80 Å². The molecule has 0 saturated carbocycles. The number of aryl methyl sites for hydroxylation is 1. The summed E-state index contributed by atoms with van der Waals surface area (Å²) < 4.78 is 0. The maximum absolute atomic E-state index is 4.62. The molecule has 1 heterocycles. The second-order valence-corrected chi connectivity index (χ2v) is 5.46. The third kappa shape index (κ3) is 3.09. The van der Waals surface area contributed by atoms with E-state index in [1.54, 1.807) is 0 Å². The quantitative estimate of drug-likeness (QED) is 0.601. The van der Waals surface area contributed by atoms with Gasteiger partial charge in [-0.25, -0.2) is 0 Å². The molecule has 3 nitrogen and oxygen atoms in total. The van der Waals surface area contributed by atoms with E-state index in [2.05, 4.69) is 67.0 Å². The molecule has 1 fully saturated rings. The fraction of sp³-hybridized carbons (Fsp3) is 0.562. The molecule has 0 spiro atoms. The highest BCUT2D eigenvalue weighted by Crippen LogP contribution is 2.29. The molecule has 1 atom stereocenters. The summed E-state index contributed by atoms with van der Waals surface area (Å²) in [6, 6.07) is 8.76. The van der Waals surface area contributed by atoms with E-state index in [4.69, 9.17) is 0 Å². The summed E-state index contributed by atoms with van der Waals surface area (Å²) in [5, 5.41) is 0. The van der Waals surface area contributed by atoms with Gasteiger partial charge in [0.25, 0.3) is 0 Å². The number of benzene rings is 1. The molecule has 1 saturated heterocycles. The smallest absolute Gasteiger partial charge is 0.196 e. The second-order valence-electron chi connectivity index (χ2n) is 5.46. The van der Waals surface area contributed by atoms with Crippen molar-refractivity contribution in [3.8, 4) is 0 Å². The van der Waals surface area contributed by atoms with Gasteiger partial charge < -0.3 is 9.80 Å². The summed E-state index contributed by atoms with van der Waals surface area (Å²) in [6.45, 7) is 7.35. The van der Waals surface area contributed by atoms with Crippen LogP contribution in [0.15, 0.2) is 29.3 Å². The van der Waals surface area contributed by atoms with E-state index >= 15 is 0 Å². The van der Waals surface area contributed by atoms with Crippen LogP contribution in [0, 0.1) is 6.92 Å². The average molecular weight is 259 g/mol. The molecule has 0 aliphatic carbocycles. The van der Waals surface area contributed by atoms with E-state index < -0.39 is 0 Å². The van der Waals surface area contributed by atoms with Crippen LogP contribution in [0.4, 0.5) is 0 Å². The van der Waals surface area contributed by atoms with Crippen molar-refractivity contribution in [2.75, 3.05) is 33.7 Å². The first-order valence-corrected chi connectivity index (χ1v) is 7.15. The Morgan fingerprint density at radius 2 is 2.11 bits per heavy atom. The van der Waals surface area contributed by atoms with E-state index in [0.717, 1.165) is 25.6 Å². The Bertz CT molecular complexity index is 451. The van der Waals surface area contributed by atoms with Gasteiger partial charge in [-0.1, -0.05) is 24.3 Å². The molecule has 1 unspecified atom stereocenters. The summed E-state index contributed by atoms with van der Waals surface area (Å²) in [7, 11) is 4.16.